The van der Waals surface area contributed by atoms with E-state index in [9.17, 15) is 0 Å². The van der Waals surface area contributed by atoms with Crippen molar-refractivity contribution < 1.29 is 14.8 Å². The Morgan fingerprint density at radius 3 is 2.50 bits per heavy atom. The van der Waals surface area contributed by atoms with E-state index >= 15 is 0 Å². The van der Waals surface area contributed by atoms with Crippen LogP contribution in [0.25, 0.3) is 0 Å². The van der Waals surface area contributed by atoms with Crippen molar-refractivity contribution >= 4 is 34.2 Å². The van der Waals surface area contributed by atoms with Crippen LogP contribution in [0.4, 0.5) is 0 Å². The smallest absolute Gasteiger partial charge is 0.423 e. The lowest BCUT2D eigenvalue weighted by Crippen LogP contribution is -2.29. The maximum absolute atomic E-state index is 8.91. The molecular formula is C10H15BO3S2. The van der Waals surface area contributed by atoms with Gasteiger partial charge >= 0.3 is 7.12 Å². The molecule has 1 aromatic rings. The third-order valence-corrected chi connectivity index (χ3v) is 4.20. The van der Waals surface area contributed by atoms with Crippen LogP contribution in [0.3, 0.4) is 0 Å². The molecule has 0 radical (unpaired) electrons. The molecule has 0 aliphatic heterocycles. The van der Waals surface area contributed by atoms with E-state index in [0.29, 0.717) is 5.46 Å². The third kappa shape index (κ3) is 5.27. The highest BCUT2D eigenvalue weighted by molar-refractivity contribution is 8.76. The monoisotopic (exact) mass is 258 g/mol. The number of hydrogen-bond donors (Lipinski definition) is 2. The van der Waals surface area contributed by atoms with Gasteiger partial charge in [-0.05, 0) is 24.5 Å². The van der Waals surface area contributed by atoms with Gasteiger partial charge in [0.1, 0.15) is 0 Å². The van der Waals surface area contributed by atoms with Crippen LogP contribution in [-0.4, -0.2) is 36.1 Å². The van der Waals surface area contributed by atoms with Crippen molar-refractivity contribution in [2.24, 2.45) is 0 Å². The minimum Gasteiger partial charge on any atom is -0.423 e. The van der Waals surface area contributed by atoms with Gasteiger partial charge in [-0.2, -0.15) is 0 Å². The van der Waals surface area contributed by atoms with Gasteiger partial charge in [0.05, 0.1) is 6.61 Å². The quantitative estimate of drug-likeness (QED) is 0.436. The first-order chi connectivity index (χ1) is 7.74. The molecule has 2 N–H and O–H groups in total. The van der Waals surface area contributed by atoms with Crippen molar-refractivity contribution in [3.8, 4) is 0 Å². The molecule has 1 rings (SSSR count). The molecular weight excluding hydrogens is 243 g/mol. The average molecular weight is 258 g/mol. The summed E-state index contributed by atoms with van der Waals surface area (Å²) in [6, 6.07) is 7.20. The highest BCUT2D eigenvalue weighted by Gasteiger charge is 2.09. The highest BCUT2D eigenvalue weighted by Crippen LogP contribution is 2.29. The molecule has 3 nitrogen and oxygen atoms in total. The minimum atomic E-state index is -1.38. The lowest BCUT2D eigenvalue weighted by Gasteiger charge is -2.03. The van der Waals surface area contributed by atoms with Gasteiger partial charge in [-0.15, -0.1) is 0 Å². The zero-order valence-electron chi connectivity index (χ0n) is 9.13. The van der Waals surface area contributed by atoms with Crippen LogP contribution >= 0.6 is 21.6 Å². The van der Waals surface area contributed by atoms with Gasteiger partial charge in [-0.25, -0.2) is 0 Å². The molecule has 0 heterocycles. The topological polar surface area (TPSA) is 49.7 Å². The van der Waals surface area contributed by atoms with Gasteiger partial charge in [-0.1, -0.05) is 33.7 Å². The Kier molecular flexibility index (Phi) is 6.99. The second-order valence-corrected chi connectivity index (χ2v) is 5.53. The zero-order chi connectivity index (χ0) is 11.8. The van der Waals surface area contributed by atoms with E-state index in [1.165, 1.54) is 0 Å². The summed E-state index contributed by atoms with van der Waals surface area (Å²) in [5, 5.41) is 17.8. The first-order valence-electron chi connectivity index (χ1n) is 5.07. The molecule has 0 bridgehead atoms. The van der Waals surface area contributed by atoms with Crippen molar-refractivity contribution in [2.45, 2.75) is 11.8 Å². The summed E-state index contributed by atoms with van der Waals surface area (Å²) in [6.45, 7) is 3.51. The van der Waals surface area contributed by atoms with E-state index in [1.807, 2.05) is 19.1 Å². The van der Waals surface area contributed by atoms with Crippen LogP contribution in [0.15, 0.2) is 29.2 Å². The number of hydrogen-bond acceptors (Lipinski definition) is 5. The Morgan fingerprint density at radius 2 is 1.94 bits per heavy atom. The molecule has 6 heteroatoms. The normalized spacial score (nSPS) is 10.4. The van der Waals surface area contributed by atoms with E-state index in [-0.39, 0.29) is 0 Å². The van der Waals surface area contributed by atoms with Gasteiger partial charge in [-0.3, -0.25) is 0 Å². The second kappa shape index (κ2) is 8.03. The molecule has 0 fully saturated rings. The molecule has 0 aliphatic rings. The highest BCUT2D eigenvalue weighted by atomic mass is 33.1. The average Bonchev–Trinajstić information content (AvgIpc) is 2.29. The van der Waals surface area contributed by atoms with Gasteiger partial charge < -0.3 is 14.8 Å². The van der Waals surface area contributed by atoms with Crippen LogP contribution in [0.5, 0.6) is 0 Å². The number of benzene rings is 1. The van der Waals surface area contributed by atoms with Crippen molar-refractivity contribution in [2.75, 3.05) is 19.0 Å². The lowest BCUT2D eigenvalue weighted by atomic mass is 9.81. The van der Waals surface area contributed by atoms with Gasteiger partial charge in [0, 0.05) is 17.3 Å². The van der Waals surface area contributed by atoms with Gasteiger partial charge in [0.25, 0.3) is 0 Å². The van der Waals surface area contributed by atoms with Gasteiger partial charge in [0.2, 0.25) is 0 Å². The molecule has 0 spiro atoms. The molecule has 0 unspecified atom stereocenters. The largest absolute Gasteiger partial charge is 0.488 e. The Labute approximate surface area is 104 Å². The molecule has 0 saturated carbocycles. The maximum atomic E-state index is 8.91. The molecule has 0 amide bonds. The summed E-state index contributed by atoms with van der Waals surface area (Å²) >= 11 is 0. The molecule has 0 aromatic heterocycles. The Hall–Kier alpha value is -0.135. The van der Waals surface area contributed by atoms with Gasteiger partial charge in [0.15, 0.2) is 0 Å². The van der Waals surface area contributed by atoms with Crippen LogP contribution in [0.2, 0.25) is 0 Å². The summed E-state index contributed by atoms with van der Waals surface area (Å²) in [4.78, 5) is 1.10. The second-order valence-electron chi connectivity index (χ2n) is 3.04. The van der Waals surface area contributed by atoms with Crippen LogP contribution < -0.4 is 5.46 Å². The fourth-order valence-corrected chi connectivity index (χ4v) is 2.89. The van der Waals surface area contributed by atoms with E-state index in [2.05, 4.69) is 0 Å². The van der Waals surface area contributed by atoms with Crippen molar-refractivity contribution in [1.29, 1.82) is 0 Å². The van der Waals surface area contributed by atoms with E-state index in [0.717, 1.165) is 23.9 Å². The third-order valence-electron chi connectivity index (χ3n) is 1.85. The SMILES string of the molecule is CCOCCSSc1ccc(B(O)O)cc1. The van der Waals surface area contributed by atoms with Crippen LogP contribution in [0, 0.1) is 0 Å². The predicted octanol–water partition coefficient (Wildman–Crippen LogP) is 1.14. The fraction of sp³-hybridized carbons (Fsp3) is 0.400. The summed E-state index contributed by atoms with van der Waals surface area (Å²) in [7, 11) is 2.01. The summed E-state index contributed by atoms with van der Waals surface area (Å²) in [6.07, 6.45) is 0. The summed E-state index contributed by atoms with van der Waals surface area (Å²) < 4.78 is 5.22. The fourth-order valence-electron chi connectivity index (χ4n) is 1.04. The van der Waals surface area contributed by atoms with Crippen molar-refractivity contribution in [1.82, 2.24) is 0 Å². The minimum absolute atomic E-state index is 0.517. The standard InChI is InChI=1S/C10H15BO3S2/c1-2-14-7-8-15-16-10-5-3-9(4-6-10)11(12)13/h3-6,12-13H,2,7-8H2,1H3. The maximum Gasteiger partial charge on any atom is 0.488 e. The van der Waals surface area contributed by atoms with E-state index in [4.69, 9.17) is 14.8 Å². The zero-order valence-corrected chi connectivity index (χ0v) is 10.8. The summed E-state index contributed by atoms with van der Waals surface area (Å²) in [5.41, 5.74) is 0.517. The molecule has 0 saturated heterocycles. The van der Waals surface area contributed by atoms with Crippen LogP contribution in [-0.2, 0) is 4.74 Å². The van der Waals surface area contributed by atoms with Crippen LogP contribution in [0.1, 0.15) is 6.92 Å². The number of rotatable bonds is 7. The first kappa shape index (κ1) is 13.9. The lowest BCUT2D eigenvalue weighted by molar-refractivity contribution is 0.165. The molecule has 0 aliphatic carbocycles. The summed E-state index contributed by atoms with van der Waals surface area (Å²) in [5.74, 6) is 0.947. The van der Waals surface area contributed by atoms with Crippen molar-refractivity contribution in [3.63, 3.8) is 0 Å². The molecule has 16 heavy (non-hydrogen) atoms. The van der Waals surface area contributed by atoms with E-state index < -0.39 is 7.12 Å². The van der Waals surface area contributed by atoms with Crippen molar-refractivity contribution in [3.05, 3.63) is 24.3 Å². The Morgan fingerprint density at radius 1 is 1.25 bits per heavy atom. The molecule has 1 aromatic carbocycles. The van der Waals surface area contributed by atoms with E-state index in [1.54, 1.807) is 33.7 Å². The predicted molar refractivity (Wildman–Crippen MR) is 71.1 cm³/mol. The Bertz CT molecular complexity index is 293. The molecule has 0 atom stereocenters. The first-order valence-corrected chi connectivity index (χ1v) is 7.39. The number of ether oxygens (including phenoxy) is 1. The Balaban J connectivity index is 2.27. The molecule has 88 valence electrons.